The summed E-state index contributed by atoms with van der Waals surface area (Å²) in [5.74, 6) is 0.811. The first-order valence-corrected chi connectivity index (χ1v) is 9.98. The Bertz CT molecular complexity index is 1060. The molecule has 0 fully saturated rings. The predicted octanol–water partition coefficient (Wildman–Crippen LogP) is 4.28. The van der Waals surface area contributed by atoms with Crippen LogP contribution in [0.3, 0.4) is 0 Å². The third-order valence-electron chi connectivity index (χ3n) is 4.73. The number of amides is 1. The van der Waals surface area contributed by atoms with Crippen LogP contribution in [0.15, 0.2) is 53.7 Å². The van der Waals surface area contributed by atoms with Crippen molar-refractivity contribution < 1.29 is 4.79 Å². The van der Waals surface area contributed by atoms with Crippen LogP contribution in [0.5, 0.6) is 0 Å². The smallest absolute Gasteiger partial charge is 0.209 e. The van der Waals surface area contributed by atoms with Crippen LogP contribution in [-0.2, 0) is 4.79 Å². The third kappa shape index (κ3) is 3.89. The molecule has 3 aromatic rings. The normalized spacial score (nSPS) is 14.3. The van der Waals surface area contributed by atoms with Gasteiger partial charge in [0.15, 0.2) is 0 Å². The summed E-state index contributed by atoms with van der Waals surface area (Å²) in [7, 11) is 1.87. The molecule has 2 aromatic heterocycles. The van der Waals surface area contributed by atoms with E-state index in [9.17, 15) is 4.79 Å². The van der Waals surface area contributed by atoms with Gasteiger partial charge in [0, 0.05) is 37.6 Å². The van der Waals surface area contributed by atoms with E-state index < -0.39 is 0 Å². The lowest BCUT2D eigenvalue weighted by Gasteiger charge is -2.21. The number of hydrogen-bond acceptors (Lipinski definition) is 6. The number of aromatic nitrogens is 2. The topological polar surface area (TPSA) is 70.2 Å². The fourth-order valence-corrected chi connectivity index (χ4v) is 3.89. The number of hydrogen-bond donors (Lipinski definition) is 2. The Hall–Kier alpha value is -3.19. The summed E-state index contributed by atoms with van der Waals surface area (Å²) < 4.78 is 1.15. The number of nitrogens with zero attached hydrogens (tertiary/aromatic N) is 3. The van der Waals surface area contributed by atoms with Crippen LogP contribution in [0, 0.1) is 0 Å². The molecule has 142 valence electrons. The number of carbonyl (C=O) groups excluding carboxylic acids is 1. The van der Waals surface area contributed by atoms with E-state index in [0.29, 0.717) is 6.54 Å². The van der Waals surface area contributed by atoms with Gasteiger partial charge in [-0.2, -0.15) is 0 Å². The van der Waals surface area contributed by atoms with Gasteiger partial charge in [0.1, 0.15) is 5.82 Å². The van der Waals surface area contributed by atoms with Gasteiger partial charge in [-0.25, -0.2) is 9.97 Å². The first-order chi connectivity index (χ1) is 13.8. The Kier molecular flexibility index (Phi) is 5.34. The van der Waals surface area contributed by atoms with Crippen molar-refractivity contribution in [3.63, 3.8) is 0 Å². The number of anilines is 3. The van der Waals surface area contributed by atoms with Gasteiger partial charge >= 0.3 is 0 Å². The molecule has 28 heavy (non-hydrogen) atoms. The molecule has 7 heteroatoms. The molecule has 0 saturated carbocycles. The maximum absolute atomic E-state index is 10.9. The zero-order valence-corrected chi connectivity index (χ0v) is 16.4. The average Bonchev–Trinajstić information content (AvgIpc) is 3.21. The van der Waals surface area contributed by atoms with Crippen molar-refractivity contribution in [2.24, 2.45) is 0 Å². The summed E-state index contributed by atoms with van der Waals surface area (Å²) >= 11 is 1.63. The van der Waals surface area contributed by atoms with Gasteiger partial charge in [0.05, 0.1) is 21.4 Å². The van der Waals surface area contributed by atoms with E-state index in [2.05, 4.69) is 44.9 Å². The van der Waals surface area contributed by atoms with Crippen molar-refractivity contribution in [3.05, 3.63) is 59.3 Å². The highest BCUT2D eigenvalue weighted by Crippen LogP contribution is 2.30. The van der Waals surface area contributed by atoms with E-state index in [-0.39, 0.29) is 0 Å². The van der Waals surface area contributed by atoms with Gasteiger partial charge in [0.25, 0.3) is 0 Å². The lowest BCUT2D eigenvalue weighted by Crippen LogP contribution is -2.26. The summed E-state index contributed by atoms with van der Waals surface area (Å²) in [5.41, 5.74) is 7.07. The summed E-state index contributed by atoms with van der Waals surface area (Å²) in [6, 6.07) is 8.14. The van der Waals surface area contributed by atoms with Crippen LogP contribution in [0.2, 0.25) is 0 Å². The zero-order chi connectivity index (χ0) is 19.3. The highest BCUT2D eigenvalue weighted by Gasteiger charge is 2.10. The van der Waals surface area contributed by atoms with Gasteiger partial charge in [-0.1, -0.05) is 12.2 Å². The molecule has 0 unspecified atom stereocenters. The predicted molar refractivity (Wildman–Crippen MR) is 116 cm³/mol. The van der Waals surface area contributed by atoms with Crippen molar-refractivity contribution in [2.45, 2.75) is 6.42 Å². The van der Waals surface area contributed by atoms with E-state index in [1.165, 1.54) is 5.57 Å². The lowest BCUT2D eigenvalue weighted by molar-refractivity contribution is -0.117. The monoisotopic (exact) mass is 391 g/mol. The second-order valence-corrected chi connectivity index (χ2v) is 7.38. The first-order valence-electron chi connectivity index (χ1n) is 9.10. The van der Waals surface area contributed by atoms with E-state index in [0.717, 1.165) is 52.3 Å². The number of benzene rings is 1. The molecule has 4 rings (SSSR count). The molecule has 0 radical (unpaired) electrons. The molecule has 0 aliphatic carbocycles. The SMILES string of the molecule is CNc1nccc(Nc2ccc3ncsc3c2)c1/C=C/C1=CCN(C=O)CC1. The molecule has 1 aromatic carbocycles. The molecule has 2 N–H and O–H groups in total. The molecule has 6 nitrogen and oxygen atoms in total. The van der Waals surface area contributed by atoms with Crippen molar-refractivity contribution >= 4 is 51.2 Å². The molecule has 3 heterocycles. The number of allylic oxidation sites excluding steroid dienone is 1. The molecule has 0 atom stereocenters. The average molecular weight is 392 g/mol. The third-order valence-corrected chi connectivity index (χ3v) is 5.52. The highest BCUT2D eigenvalue weighted by molar-refractivity contribution is 7.16. The van der Waals surface area contributed by atoms with Crippen LogP contribution in [0.25, 0.3) is 16.3 Å². The Balaban J connectivity index is 1.62. The van der Waals surface area contributed by atoms with E-state index in [1.807, 2.05) is 30.8 Å². The number of fused-ring (bicyclic) bond motifs is 1. The van der Waals surface area contributed by atoms with Gasteiger partial charge in [-0.05, 0) is 42.3 Å². The minimum absolute atomic E-state index is 0.662. The van der Waals surface area contributed by atoms with Gasteiger partial charge in [-0.3, -0.25) is 4.79 Å². The fourth-order valence-electron chi connectivity index (χ4n) is 3.18. The van der Waals surface area contributed by atoms with Crippen LogP contribution in [0.4, 0.5) is 17.2 Å². The Morgan fingerprint density at radius 3 is 2.93 bits per heavy atom. The van der Waals surface area contributed by atoms with Crippen LogP contribution in [0.1, 0.15) is 12.0 Å². The van der Waals surface area contributed by atoms with Crippen molar-refractivity contribution in [1.29, 1.82) is 0 Å². The molecule has 1 aliphatic heterocycles. The number of rotatable bonds is 6. The van der Waals surface area contributed by atoms with Gasteiger partial charge < -0.3 is 15.5 Å². The minimum Gasteiger partial charge on any atom is -0.373 e. The van der Waals surface area contributed by atoms with Crippen LogP contribution in [-0.4, -0.2) is 41.4 Å². The summed E-state index contributed by atoms with van der Waals surface area (Å²) in [4.78, 5) is 21.4. The standard InChI is InChI=1S/C21H21N5OS/c1-22-21-17(4-2-15-7-10-26(14-27)11-8-15)18(6-9-23-21)25-16-3-5-19-20(12-16)28-13-24-19/h2-7,9,12-14H,8,10-11H2,1H3,(H2,22,23,25)/b4-2+. The maximum atomic E-state index is 10.9. The van der Waals surface area contributed by atoms with E-state index in [4.69, 9.17) is 0 Å². The largest absolute Gasteiger partial charge is 0.373 e. The maximum Gasteiger partial charge on any atom is 0.209 e. The summed E-state index contributed by atoms with van der Waals surface area (Å²) in [6.45, 7) is 1.42. The Morgan fingerprint density at radius 1 is 1.21 bits per heavy atom. The first kappa shape index (κ1) is 18.2. The molecular formula is C21H21N5OS. The number of nitrogens with one attached hydrogen (secondary N) is 2. The second-order valence-electron chi connectivity index (χ2n) is 6.49. The zero-order valence-electron chi connectivity index (χ0n) is 15.6. The molecule has 0 bridgehead atoms. The van der Waals surface area contributed by atoms with E-state index in [1.54, 1.807) is 22.4 Å². The van der Waals surface area contributed by atoms with Crippen molar-refractivity contribution in [3.8, 4) is 0 Å². The Morgan fingerprint density at radius 2 is 2.14 bits per heavy atom. The van der Waals surface area contributed by atoms with Crippen molar-refractivity contribution in [2.75, 3.05) is 30.8 Å². The quantitative estimate of drug-likeness (QED) is 0.614. The molecule has 0 spiro atoms. The molecular weight excluding hydrogens is 370 g/mol. The van der Waals surface area contributed by atoms with Gasteiger partial charge in [-0.15, -0.1) is 11.3 Å². The summed E-state index contributed by atoms with van der Waals surface area (Å²) in [5, 5.41) is 6.67. The lowest BCUT2D eigenvalue weighted by atomic mass is 10.1. The van der Waals surface area contributed by atoms with Gasteiger partial charge in [0.2, 0.25) is 6.41 Å². The van der Waals surface area contributed by atoms with Crippen molar-refractivity contribution in [1.82, 2.24) is 14.9 Å². The summed E-state index contributed by atoms with van der Waals surface area (Å²) in [6.07, 6.45) is 9.83. The number of carbonyl (C=O) groups is 1. The number of pyridine rings is 1. The molecule has 1 aliphatic rings. The van der Waals surface area contributed by atoms with Crippen LogP contribution >= 0.6 is 11.3 Å². The minimum atomic E-state index is 0.662. The van der Waals surface area contributed by atoms with E-state index >= 15 is 0 Å². The van der Waals surface area contributed by atoms with Crippen LogP contribution < -0.4 is 10.6 Å². The molecule has 0 saturated heterocycles. The Labute approximate surface area is 167 Å². The number of thiazole rings is 1. The fraction of sp³-hybridized carbons (Fsp3) is 0.190. The molecule has 1 amide bonds. The second kappa shape index (κ2) is 8.22. The highest BCUT2D eigenvalue weighted by atomic mass is 32.1.